The fourth-order valence-corrected chi connectivity index (χ4v) is 4.67. The van der Waals surface area contributed by atoms with Crippen LogP contribution in [0.3, 0.4) is 0 Å². The Kier molecular flexibility index (Phi) is 15.2. The first kappa shape index (κ1) is 32.9. The number of ether oxygens (including phenoxy) is 2. The Labute approximate surface area is 210 Å². The highest BCUT2D eigenvalue weighted by molar-refractivity contribution is 7.47. The van der Waals surface area contributed by atoms with Crippen molar-refractivity contribution in [2.24, 2.45) is 0 Å². The standard InChI is InChI=1S/C22H41O13P/c1-3-4-5-6-7-8-9-10-11-16(24)32-12-15(34-14(2)23)13-33-36(30,31)35-22-20(28)18(26)17(25)19(27)21(22)29/h15,17-22,25-29H,3-13H2,1-2H3,(H,30,31)/t15-,17?,18-,19?,20?,21?,22?/m1/s1. The van der Waals surface area contributed by atoms with Crippen LogP contribution in [0.15, 0.2) is 0 Å². The minimum atomic E-state index is -5.04. The van der Waals surface area contributed by atoms with Crippen molar-refractivity contribution in [2.75, 3.05) is 13.2 Å². The predicted molar refractivity (Wildman–Crippen MR) is 124 cm³/mol. The molecule has 1 rings (SSSR count). The van der Waals surface area contributed by atoms with Crippen LogP contribution in [0.2, 0.25) is 0 Å². The van der Waals surface area contributed by atoms with Gasteiger partial charge in [-0.1, -0.05) is 51.9 Å². The van der Waals surface area contributed by atoms with Gasteiger partial charge < -0.3 is 39.9 Å². The molecule has 0 spiro atoms. The maximum atomic E-state index is 12.3. The average molecular weight is 545 g/mol. The van der Waals surface area contributed by atoms with E-state index in [9.17, 15) is 44.6 Å². The first-order valence-corrected chi connectivity index (χ1v) is 13.8. The second kappa shape index (κ2) is 16.6. The van der Waals surface area contributed by atoms with E-state index in [2.05, 4.69) is 11.4 Å². The number of carbonyl (C=O) groups is 2. The molecule has 1 aliphatic carbocycles. The van der Waals surface area contributed by atoms with Gasteiger partial charge in [-0.3, -0.25) is 18.6 Å². The molecule has 0 aliphatic heterocycles. The lowest BCUT2D eigenvalue weighted by atomic mass is 9.85. The predicted octanol–water partition coefficient (Wildman–Crippen LogP) is 0.312. The van der Waals surface area contributed by atoms with Crippen molar-refractivity contribution >= 4 is 19.8 Å². The molecule has 1 saturated carbocycles. The second-order valence-electron chi connectivity index (χ2n) is 8.93. The fourth-order valence-electron chi connectivity index (χ4n) is 3.70. The van der Waals surface area contributed by atoms with Crippen molar-refractivity contribution in [1.29, 1.82) is 0 Å². The lowest BCUT2D eigenvalue weighted by Crippen LogP contribution is -2.64. The minimum absolute atomic E-state index is 0.165. The van der Waals surface area contributed by atoms with Crippen LogP contribution in [0, 0.1) is 0 Å². The number of rotatable bonds is 17. The minimum Gasteiger partial charge on any atom is -0.462 e. The Balaban J connectivity index is 2.48. The zero-order chi connectivity index (χ0) is 27.3. The number of unbranched alkanes of at least 4 members (excludes halogenated alkanes) is 7. The molecule has 0 aromatic heterocycles. The highest BCUT2D eigenvalue weighted by Gasteiger charge is 2.51. The van der Waals surface area contributed by atoms with Crippen LogP contribution < -0.4 is 0 Å². The lowest BCUT2D eigenvalue weighted by molar-refractivity contribution is -0.220. The molecule has 36 heavy (non-hydrogen) atoms. The van der Waals surface area contributed by atoms with E-state index >= 15 is 0 Å². The van der Waals surface area contributed by atoms with Crippen LogP contribution >= 0.6 is 7.82 Å². The Bertz CT molecular complexity index is 689. The molecule has 212 valence electrons. The Morgan fingerprint density at radius 3 is 1.83 bits per heavy atom. The second-order valence-corrected chi connectivity index (χ2v) is 10.3. The summed E-state index contributed by atoms with van der Waals surface area (Å²) in [6, 6.07) is 0. The number of hydrogen-bond acceptors (Lipinski definition) is 12. The summed E-state index contributed by atoms with van der Waals surface area (Å²) in [4.78, 5) is 33.3. The van der Waals surface area contributed by atoms with Gasteiger partial charge in [0.25, 0.3) is 0 Å². The number of hydrogen-bond donors (Lipinski definition) is 6. The summed E-state index contributed by atoms with van der Waals surface area (Å²) in [6.07, 6.45) is -4.55. The zero-order valence-corrected chi connectivity index (χ0v) is 21.7. The van der Waals surface area contributed by atoms with Crippen molar-refractivity contribution in [2.45, 2.75) is 114 Å². The molecule has 0 aromatic carbocycles. The highest BCUT2D eigenvalue weighted by atomic mass is 31.2. The molecular weight excluding hydrogens is 503 g/mol. The lowest BCUT2D eigenvalue weighted by Gasteiger charge is -2.41. The first-order chi connectivity index (χ1) is 16.9. The SMILES string of the molecule is CCCCCCCCCCC(=O)OC[C@H](COP(=O)(O)OC1C(O)C(O)C(O)[C@@H](O)C1O)OC(C)=O. The normalized spacial score (nSPS) is 28.8. The molecule has 13 nitrogen and oxygen atoms in total. The number of phosphoric acid groups is 1. The van der Waals surface area contributed by atoms with E-state index in [1.165, 1.54) is 25.7 Å². The summed E-state index contributed by atoms with van der Waals surface area (Å²) in [5, 5.41) is 48.8. The van der Waals surface area contributed by atoms with Crippen molar-refractivity contribution in [3.8, 4) is 0 Å². The number of aliphatic hydroxyl groups is 5. The van der Waals surface area contributed by atoms with Crippen LogP contribution in [0.5, 0.6) is 0 Å². The Hall–Kier alpha value is -1.15. The third-order valence-electron chi connectivity index (χ3n) is 5.75. The Morgan fingerprint density at radius 1 is 0.806 bits per heavy atom. The van der Waals surface area contributed by atoms with Crippen LogP contribution in [0.1, 0.15) is 71.6 Å². The maximum Gasteiger partial charge on any atom is 0.472 e. The molecule has 6 N–H and O–H groups in total. The van der Waals surface area contributed by atoms with Crippen LogP contribution in [-0.2, 0) is 32.7 Å². The van der Waals surface area contributed by atoms with Crippen molar-refractivity contribution in [3.05, 3.63) is 0 Å². The molecule has 8 atom stereocenters. The van der Waals surface area contributed by atoms with E-state index < -0.39 is 75.7 Å². The van der Waals surface area contributed by atoms with Gasteiger partial charge in [-0.15, -0.1) is 0 Å². The van der Waals surface area contributed by atoms with Gasteiger partial charge in [0.05, 0.1) is 6.61 Å². The average Bonchev–Trinajstić information content (AvgIpc) is 2.82. The molecule has 1 aliphatic rings. The van der Waals surface area contributed by atoms with Gasteiger partial charge in [0, 0.05) is 13.3 Å². The van der Waals surface area contributed by atoms with E-state index in [0.717, 1.165) is 26.2 Å². The number of aliphatic hydroxyl groups excluding tert-OH is 5. The van der Waals surface area contributed by atoms with Crippen molar-refractivity contribution in [3.63, 3.8) is 0 Å². The number of carbonyl (C=O) groups excluding carboxylic acids is 2. The van der Waals surface area contributed by atoms with Gasteiger partial charge >= 0.3 is 19.8 Å². The molecule has 0 saturated heterocycles. The fraction of sp³-hybridized carbons (Fsp3) is 0.909. The third-order valence-corrected chi connectivity index (χ3v) is 6.73. The van der Waals surface area contributed by atoms with E-state index in [4.69, 9.17) is 14.0 Å². The summed E-state index contributed by atoms with van der Waals surface area (Å²) in [6.45, 7) is 2.03. The molecule has 0 amide bonds. The zero-order valence-electron chi connectivity index (χ0n) is 20.8. The first-order valence-electron chi connectivity index (χ1n) is 12.3. The maximum absolute atomic E-state index is 12.3. The summed E-state index contributed by atoms with van der Waals surface area (Å²) >= 11 is 0. The molecule has 14 heteroatoms. The van der Waals surface area contributed by atoms with E-state index in [1.807, 2.05) is 0 Å². The number of esters is 2. The van der Waals surface area contributed by atoms with Gasteiger partial charge in [-0.2, -0.15) is 0 Å². The van der Waals surface area contributed by atoms with Gasteiger partial charge in [-0.05, 0) is 6.42 Å². The molecule has 0 heterocycles. The largest absolute Gasteiger partial charge is 0.472 e. The molecular formula is C22H41O13P. The quantitative estimate of drug-likeness (QED) is 0.0828. The van der Waals surface area contributed by atoms with Gasteiger partial charge in [0.15, 0.2) is 6.10 Å². The molecule has 6 unspecified atom stereocenters. The summed E-state index contributed by atoms with van der Waals surface area (Å²) in [5.74, 6) is -1.30. The molecule has 0 radical (unpaired) electrons. The van der Waals surface area contributed by atoms with Crippen LogP contribution in [-0.4, -0.2) is 98.3 Å². The van der Waals surface area contributed by atoms with E-state index in [1.54, 1.807) is 0 Å². The van der Waals surface area contributed by atoms with Gasteiger partial charge in [0.1, 0.15) is 43.2 Å². The van der Waals surface area contributed by atoms with E-state index in [0.29, 0.717) is 6.42 Å². The summed E-state index contributed by atoms with van der Waals surface area (Å²) in [5.41, 5.74) is 0. The Morgan fingerprint density at radius 2 is 1.31 bits per heavy atom. The third kappa shape index (κ3) is 11.9. The van der Waals surface area contributed by atoms with Crippen molar-refractivity contribution in [1.82, 2.24) is 0 Å². The molecule has 0 bridgehead atoms. The van der Waals surface area contributed by atoms with E-state index in [-0.39, 0.29) is 6.42 Å². The smallest absolute Gasteiger partial charge is 0.462 e. The van der Waals surface area contributed by atoms with Crippen LogP contribution in [0.4, 0.5) is 0 Å². The monoisotopic (exact) mass is 544 g/mol. The molecule has 0 aromatic rings. The summed E-state index contributed by atoms with van der Waals surface area (Å²) < 4.78 is 31.7. The topological polar surface area (TPSA) is 210 Å². The highest BCUT2D eigenvalue weighted by Crippen LogP contribution is 2.47. The van der Waals surface area contributed by atoms with Crippen LogP contribution in [0.25, 0.3) is 0 Å². The van der Waals surface area contributed by atoms with Crippen molar-refractivity contribution < 1.29 is 63.1 Å². The summed E-state index contributed by atoms with van der Waals surface area (Å²) in [7, 11) is -5.04. The number of phosphoric ester groups is 1. The van der Waals surface area contributed by atoms with Gasteiger partial charge in [0.2, 0.25) is 0 Å². The van der Waals surface area contributed by atoms with Gasteiger partial charge in [-0.25, -0.2) is 4.57 Å². The molecule has 1 fully saturated rings.